The highest BCUT2D eigenvalue weighted by Crippen LogP contribution is 2.15. The van der Waals surface area contributed by atoms with Gasteiger partial charge in [-0.15, -0.1) is 0 Å². The minimum Gasteiger partial charge on any atom is -0.455 e. The Morgan fingerprint density at radius 1 is 1.56 bits per heavy atom. The van der Waals surface area contributed by atoms with Gasteiger partial charge in [-0.05, 0) is 18.4 Å². The maximum Gasteiger partial charge on any atom is 0.289 e. The van der Waals surface area contributed by atoms with Gasteiger partial charge >= 0.3 is 0 Å². The summed E-state index contributed by atoms with van der Waals surface area (Å²) >= 11 is 1.66. The second-order valence-corrected chi connectivity index (χ2v) is 4.76. The Balaban J connectivity index is 2.01. The first-order valence-corrected chi connectivity index (χ1v) is 6.91. The van der Waals surface area contributed by atoms with Gasteiger partial charge in [0.25, 0.3) is 5.91 Å². The number of carbonyl (C=O) groups excluding carboxylic acids is 1. The van der Waals surface area contributed by atoms with E-state index in [0.717, 1.165) is 17.3 Å². The molecule has 6 heteroatoms. The molecule has 0 aliphatic carbocycles. The van der Waals surface area contributed by atoms with Gasteiger partial charge in [0, 0.05) is 19.4 Å². The third-order valence-corrected chi connectivity index (χ3v) is 3.02. The molecule has 0 bridgehead atoms. The second-order valence-electron chi connectivity index (χ2n) is 3.90. The number of amides is 1. The molecule has 5 nitrogen and oxygen atoms in total. The molecular weight excluding hydrogens is 250 g/mol. The summed E-state index contributed by atoms with van der Waals surface area (Å²) in [6.07, 6.45) is 5.39. The van der Waals surface area contributed by atoms with Gasteiger partial charge in [0.05, 0.1) is 12.3 Å². The number of H-pyrrole nitrogens is 1. The molecule has 0 unspecified atom stereocenters. The minimum absolute atomic E-state index is 0.140. The number of hydrogen-bond acceptors (Lipinski definition) is 4. The van der Waals surface area contributed by atoms with Gasteiger partial charge in [0.15, 0.2) is 5.76 Å². The third kappa shape index (κ3) is 2.95. The van der Waals surface area contributed by atoms with E-state index in [4.69, 9.17) is 4.42 Å². The van der Waals surface area contributed by atoms with Crippen molar-refractivity contribution in [3.63, 3.8) is 0 Å². The lowest BCUT2D eigenvalue weighted by atomic mass is 10.4. The molecule has 1 amide bonds. The maximum atomic E-state index is 12.1. The van der Waals surface area contributed by atoms with Crippen molar-refractivity contribution in [2.75, 3.05) is 13.3 Å². The van der Waals surface area contributed by atoms with E-state index in [9.17, 15) is 4.79 Å². The first kappa shape index (κ1) is 12.8. The second kappa shape index (κ2) is 5.77. The van der Waals surface area contributed by atoms with Crippen LogP contribution in [0, 0.1) is 0 Å². The Morgan fingerprint density at radius 2 is 2.39 bits per heavy atom. The van der Waals surface area contributed by atoms with Gasteiger partial charge < -0.3 is 14.3 Å². The summed E-state index contributed by atoms with van der Waals surface area (Å²) in [4.78, 5) is 20.7. The van der Waals surface area contributed by atoms with Crippen LogP contribution >= 0.6 is 11.8 Å². The van der Waals surface area contributed by atoms with Crippen LogP contribution in [0.5, 0.6) is 0 Å². The lowest BCUT2D eigenvalue weighted by Crippen LogP contribution is -2.26. The van der Waals surface area contributed by atoms with Crippen LogP contribution in [-0.4, -0.2) is 34.1 Å². The number of nitrogens with zero attached hydrogens (tertiary/aromatic N) is 2. The molecule has 96 valence electrons. The van der Waals surface area contributed by atoms with E-state index in [2.05, 4.69) is 9.97 Å². The highest BCUT2D eigenvalue weighted by atomic mass is 32.2. The van der Waals surface area contributed by atoms with Crippen molar-refractivity contribution in [2.45, 2.75) is 12.3 Å². The number of imidazole rings is 1. The first-order chi connectivity index (χ1) is 8.70. The molecule has 0 saturated heterocycles. The van der Waals surface area contributed by atoms with E-state index < -0.39 is 0 Å². The topological polar surface area (TPSA) is 62.1 Å². The molecule has 0 aliphatic heterocycles. The van der Waals surface area contributed by atoms with Gasteiger partial charge in [0.2, 0.25) is 0 Å². The normalized spacial score (nSPS) is 10.6. The molecule has 0 saturated carbocycles. The van der Waals surface area contributed by atoms with Crippen LogP contribution in [0.25, 0.3) is 0 Å². The van der Waals surface area contributed by atoms with Crippen molar-refractivity contribution in [3.8, 4) is 0 Å². The van der Waals surface area contributed by atoms with E-state index in [0.29, 0.717) is 12.3 Å². The van der Waals surface area contributed by atoms with Crippen molar-refractivity contribution in [2.24, 2.45) is 0 Å². The summed E-state index contributed by atoms with van der Waals surface area (Å²) in [5.74, 6) is 2.57. The van der Waals surface area contributed by atoms with Crippen molar-refractivity contribution in [1.82, 2.24) is 14.9 Å². The molecule has 18 heavy (non-hydrogen) atoms. The zero-order valence-electron chi connectivity index (χ0n) is 10.3. The van der Waals surface area contributed by atoms with Crippen molar-refractivity contribution >= 4 is 17.7 Å². The number of hydrogen-bond donors (Lipinski definition) is 1. The average molecular weight is 265 g/mol. The molecule has 0 aliphatic rings. The number of thioether (sulfide) groups is 1. The van der Waals surface area contributed by atoms with E-state index >= 15 is 0 Å². The third-order valence-electron chi connectivity index (χ3n) is 2.45. The number of furan rings is 1. The molecular formula is C12H15N3O2S. The fourth-order valence-corrected chi connectivity index (χ4v) is 2.02. The van der Waals surface area contributed by atoms with Gasteiger partial charge in [-0.2, -0.15) is 11.8 Å². The summed E-state index contributed by atoms with van der Waals surface area (Å²) < 4.78 is 5.48. The fourth-order valence-electron chi connectivity index (χ4n) is 1.58. The van der Waals surface area contributed by atoms with Crippen LogP contribution in [0.3, 0.4) is 0 Å². The average Bonchev–Trinajstić information content (AvgIpc) is 3.00. The molecule has 2 aromatic rings. The van der Waals surface area contributed by atoms with Crippen LogP contribution in [-0.2, 0) is 12.3 Å². The summed E-state index contributed by atoms with van der Waals surface area (Å²) in [6.45, 7) is 0.435. The highest BCUT2D eigenvalue weighted by molar-refractivity contribution is 7.97. The van der Waals surface area contributed by atoms with Crippen LogP contribution in [0.4, 0.5) is 0 Å². The van der Waals surface area contributed by atoms with Gasteiger partial charge in [-0.1, -0.05) is 0 Å². The van der Waals surface area contributed by atoms with Gasteiger partial charge in [-0.3, -0.25) is 4.79 Å². The summed E-state index contributed by atoms with van der Waals surface area (Å²) in [7, 11) is 1.72. The van der Waals surface area contributed by atoms with Crippen LogP contribution in [0.2, 0.25) is 0 Å². The standard InChI is InChI=1S/C12H15N3O2S/c1-15(7-11-13-5-6-14-11)12(16)10-4-3-9(17-10)8-18-2/h3-6H,7-8H2,1-2H3,(H,13,14). The van der Waals surface area contributed by atoms with Crippen molar-refractivity contribution in [3.05, 3.63) is 41.9 Å². The maximum absolute atomic E-state index is 12.1. The number of aromatic amines is 1. The summed E-state index contributed by atoms with van der Waals surface area (Å²) in [6, 6.07) is 3.55. The zero-order chi connectivity index (χ0) is 13.0. The zero-order valence-corrected chi connectivity index (χ0v) is 11.2. The molecule has 2 aromatic heterocycles. The number of nitrogens with one attached hydrogen (secondary N) is 1. The van der Waals surface area contributed by atoms with Crippen molar-refractivity contribution in [1.29, 1.82) is 0 Å². The van der Waals surface area contributed by atoms with E-state index in [1.54, 1.807) is 42.2 Å². The Bertz CT molecular complexity index is 507. The molecule has 2 heterocycles. The van der Waals surface area contributed by atoms with E-state index in [-0.39, 0.29) is 5.91 Å². The number of aromatic nitrogens is 2. The monoisotopic (exact) mass is 265 g/mol. The quantitative estimate of drug-likeness (QED) is 0.899. The smallest absolute Gasteiger partial charge is 0.289 e. The van der Waals surface area contributed by atoms with Gasteiger partial charge in [0.1, 0.15) is 11.6 Å². The Kier molecular flexibility index (Phi) is 4.09. The first-order valence-electron chi connectivity index (χ1n) is 5.52. The Morgan fingerprint density at radius 3 is 3.06 bits per heavy atom. The van der Waals surface area contributed by atoms with Gasteiger partial charge in [-0.25, -0.2) is 4.98 Å². The van der Waals surface area contributed by atoms with E-state index in [1.165, 1.54) is 0 Å². The van der Waals surface area contributed by atoms with Crippen LogP contribution < -0.4 is 0 Å². The van der Waals surface area contributed by atoms with Crippen molar-refractivity contribution < 1.29 is 9.21 Å². The molecule has 2 rings (SSSR count). The van der Waals surface area contributed by atoms with Crippen LogP contribution in [0.1, 0.15) is 22.1 Å². The number of rotatable bonds is 5. The lowest BCUT2D eigenvalue weighted by Gasteiger charge is -2.13. The summed E-state index contributed by atoms with van der Waals surface area (Å²) in [5.41, 5.74) is 0. The Labute approximate surface area is 110 Å². The largest absolute Gasteiger partial charge is 0.455 e. The fraction of sp³-hybridized carbons (Fsp3) is 0.333. The molecule has 1 N–H and O–H groups in total. The molecule has 0 aromatic carbocycles. The Hall–Kier alpha value is -1.69. The molecule has 0 fully saturated rings. The number of carbonyl (C=O) groups is 1. The predicted octanol–water partition coefficient (Wildman–Crippen LogP) is 2.14. The predicted molar refractivity (Wildman–Crippen MR) is 70.3 cm³/mol. The summed E-state index contributed by atoms with van der Waals surface area (Å²) in [5, 5.41) is 0. The molecule has 0 spiro atoms. The van der Waals surface area contributed by atoms with Crippen LogP contribution in [0.15, 0.2) is 28.9 Å². The molecule has 0 radical (unpaired) electrons. The van der Waals surface area contributed by atoms with E-state index in [1.807, 2.05) is 12.3 Å². The SMILES string of the molecule is CSCc1ccc(C(=O)N(C)Cc2ncc[nH]2)o1. The molecule has 0 atom stereocenters. The lowest BCUT2D eigenvalue weighted by molar-refractivity contribution is 0.0748. The minimum atomic E-state index is -0.140. The highest BCUT2D eigenvalue weighted by Gasteiger charge is 2.16.